The van der Waals surface area contributed by atoms with Crippen molar-refractivity contribution >= 4 is 29.7 Å². The molecule has 3 amide bonds. The number of rotatable bonds is 12. The van der Waals surface area contributed by atoms with Crippen LogP contribution >= 0.6 is 0 Å². The van der Waals surface area contributed by atoms with Crippen LogP contribution in [0.3, 0.4) is 0 Å². The Labute approximate surface area is 161 Å². The van der Waals surface area contributed by atoms with Gasteiger partial charge in [-0.1, -0.05) is 13.8 Å². The minimum atomic E-state index is -1.47. The third-order valence-electron chi connectivity index (χ3n) is 3.62. The lowest BCUT2D eigenvalue weighted by Crippen LogP contribution is -2.58. The number of hydrogen-bond donors (Lipinski definition) is 7. The van der Waals surface area contributed by atoms with Gasteiger partial charge in [-0.25, -0.2) is 0 Å². The summed E-state index contributed by atoms with van der Waals surface area (Å²) in [5, 5.41) is 33.6. The maximum absolute atomic E-state index is 12.3. The second-order valence-corrected chi connectivity index (χ2v) is 6.71. The first-order valence-electron chi connectivity index (χ1n) is 8.61. The molecule has 160 valence electrons. The summed E-state index contributed by atoms with van der Waals surface area (Å²) in [6, 6.07) is -5.17. The van der Waals surface area contributed by atoms with Gasteiger partial charge in [0.2, 0.25) is 17.7 Å². The molecule has 0 aromatic carbocycles. The molecule has 12 nitrogen and oxygen atoms in total. The second kappa shape index (κ2) is 11.9. The van der Waals surface area contributed by atoms with Crippen LogP contribution in [0.15, 0.2) is 0 Å². The van der Waals surface area contributed by atoms with E-state index in [1.54, 1.807) is 13.8 Å². The van der Waals surface area contributed by atoms with E-state index in [9.17, 15) is 29.1 Å². The quantitative estimate of drug-likeness (QED) is 0.181. The Hall–Kier alpha value is -2.73. The number of nitrogens with one attached hydrogen (secondary N) is 3. The first-order valence-corrected chi connectivity index (χ1v) is 8.61. The topological polar surface area (TPSA) is 208 Å². The first-order chi connectivity index (χ1) is 12.9. The number of aliphatic carboxylic acids is 2. The smallest absolute Gasteiger partial charge is 0.325 e. The van der Waals surface area contributed by atoms with Crippen LogP contribution in [-0.2, 0) is 24.0 Å². The number of nitrogens with two attached hydrogens (primary N) is 1. The first kappa shape index (κ1) is 25.3. The fraction of sp³-hybridized carbons (Fsp3) is 0.688. The van der Waals surface area contributed by atoms with Crippen LogP contribution in [0.5, 0.6) is 0 Å². The zero-order chi connectivity index (χ0) is 22.0. The van der Waals surface area contributed by atoms with Crippen LogP contribution in [0.2, 0.25) is 0 Å². The molecule has 8 N–H and O–H groups in total. The number of carbonyl (C=O) groups is 5. The number of carboxylic acid groups (broad SMARTS) is 2. The Kier molecular flexibility index (Phi) is 10.7. The summed E-state index contributed by atoms with van der Waals surface area (Å²) in [5.74, 6) is -5.20. The molecular formula is C16H28N4O8. The van der Waals surface area contributed by atoms with Crippen molar-refractivity contribution in [3.8, 4) is 0 Å². The summed E-state index contributed by atoms with van der Waals surface area (Å²) in [7, 11) is 0. The standard InChI is InChI=1S/C16H28N4O8/c1-7(2)4-10(14(25)18-8(3)16(27)28)19-15(26)11(6-21)20-13(24)9(17)5-12(22)23/h7-11,21H,4-6,17H2,1-3H3,(H,18,25)(H,19,26)(H,20,24)(H,22,23)(H,27,28). The largest absolute Gasteiger partial charge is 0.481 e. The maximum Gasteiger partial charge on any atom is 0.325 e. The third-order valence-corrected chi connectivity index (χ3v) is 3.62. The SMILES string of the molecule is CC(C)CC(NC(=O)C(CO)NC(=O)C(N)CC(=O)O)C(=O)NC(C)C(=O)O. The molecule has 28 heavy (non-hydrogen) atoms. The predicted octanol–water partition coefficient (Wildman–Crippen LogP) is -2.61. The van der Waals surface area contributed by atoms with Crippen LogP contribution in [0, 0.1) is 5.92 Å². The van der Waals surface area contributed by atoms with Crippen molar-refractivity contribution in [2.24, 2.45) is 11.7 Å². The Morgan fingerprint density at radius 2 is 1.36 bits per heavy atom. The molecule has 0 aliphatic heterocycles. The normalized spacial score (nSPS) is 15.1. The predicted molar refractivity (Wildman–Crippen MR) is 95.9 cm³/mol. The summed E-state index contributed by atoms with van der Waals surface area (Å²) in [6.07, 6.45) is -0.494. The molecule has 0 aliphatic carbocycles. The summed E-state index contributed by atoms with van der Waals surface area (Å²) in [4.78, 5) is 57.9. The third kappa shape index (κ3) is 9.28. The van der Waals surface area contributed by atoms with Crippen molar-refractivity contribution in [2.45, 2.75) is 57.8 Å². The zero-order valence-corrected chi connectivity index (χ0v) is 16.0. The highest BCUT2D eigenvalue weighted by atomic mass is 16.4. The highest BCUT2D eigenvalue weighted by Gasteiger charge is 2.29. The van der Waals surface area contributed by atoms with E-state index in [2.05, 4.69) is 16.0 Å². The highest BCUT2D eigenvalue weighted by molar-refractivity contribution is 5.94. The molecule has 0 aromatic rings. The maximum atomic E-state index is 12.3. The fourth-order valence-corrected chi connectivity index (χ4v) is 2.10. The number of amides is 3. The summed E-state index contributed by atoms with van der Waals surface area (Å²) < 4.78 is 0. The molecular weight excluding hydrogens is 376 g/mol. The van der Waals surface area contributed by atoms with E-state index in [4.69, 9.17) is 15.9 Å². The number of carbonyl (C=O) groups excluding carboxylic acids is 3. The van der Waals surface area contributed by atoms with Gasteiger partial charge in [-0.15, -0.1) is 0 Å². The molecule has 0 aromatic heterocycles. The van der Waals surface area contributed by atoms with Crippen LogP contribution in [0.4, 0.5) is 0 Å². The van der Waals surface area contributed by atoms with Gasteiger partial charge >= 0.3 is 11.9 Å². The van der Waals surface area contributed by atoms with Crippen molar-refractivity contribution in [3.05, 3.63) is 0 Å². The van der Waals surface area contributed by atoms with E-state index in [0.29, 0.717) is 0 Å². The van der Waals surface area contributed by atoms with E-state index in [-0.39, 0.29) is 12.3 Å². The van der Waals surface area contributed by atoms with Gasteiger partial charge in [-0.05, 0) is 19.3 Å². The van der Waals surface area contributed by atoms with Crippen molar-refractivity contribution in [3.63, 3.8) is 0 Å². The minimum absolute atomic E-state index is 0.0395. The molecule has 0 rings (SSSR count). The van der Waals surface area contributed by atoms with Crippen molar-refractivity contribution in [1.82, 2.24) is 16.0 Å². The van der Waals surface area contributed by atoms with Crippen LogP contribution < -0.4 is 21.7 Å². The monoisotopic (exact) mass is 404 g/mol. The molecule has 0 fully saturated rings. The lowest BCUT2D eigenvalue weighted by molar-refractivity contribution is -0.142. The average Bonchev–Trinajstić information content (AvgIpc) is 2.57. The Bertz CT molecular complexity index is 595. The molecule has 0 heterocycles. The fourth-order valence-electron chi connectivity index (χ4n) is 2.10. The van der Waals surface area contributed by atoms with E-state index in [1.165, 1.54) is 6.92 Å². The summed E-state index contributed by atoms with van der Waals surface area (Å²) in [6.45, 7) is 4.00. The average molecular weight is 404 g/mol. The highest BCUT2D eigenvalue weighted by Crippen LogP contribution is 2.06. The Morgan fingerprint density at radius 1 is 0.857 bits per heavy atom. The lowest BCUT2D eigenvalue weighted by Gasteiger charge is -2.24. The van der Waals surface area contributed by atoms with Gasteiger partial charge in [0.15, 0.2) is 0 Å². The molecule has 0 saturated carbocycles. The van der Waals surface area contributed by atoms with Crippen molar-refractivity contribution < 1.29 is 39.3 Å². The lowest BCUT2D eigenvalue weighted by atomic mass is 10.0. The number of aliphatic hydroxyl groups excluding tert-OH is 1. The van der Waals surface area contributed by atoms with E-state index in [1.807, 2.05) is 0 Å². The second-order valence-electron chi connectivity index (χ2n) is 6.71. The molecule has 4 atom stereocenters. The Morgan fingerprint density at radius 3 is 1.79 bits per heavy atom. The molecule has 0 radical (unpaired) electrons. The van der Waals surface area contributed by atoms with Gasteiger partial charge in [0.05, 0.1) is 19.1 Å². The number of aliphatic hydroxyl groups is 1. The van der Waals surface area contributed by atoms with Gasteiger partial charge in [0.1, 0.15) is 18.1 Å². The minimum Gasteiger partial charge on any atom is -0.481 e. The van der Waals surface area contributed by atoms with E-state index >= 15 is 0 Å². The van der Waals surface area contributed by atoms with Gasteiger partial charge in [-0.2, -0.15) is 0 Å². The molecule has 4 unspecified atom stereocenters. The Balaban J connectivity index is 5.09. The number of hydrogen-bond acceptors (Lipinski definition) is 7. The molecule has 0 bridgehead atoms. The molecule has 0 saturated heterocycles. The van der Waals surface area contributed by atoms with Crippen molar-refractivity contribution in [2.75, 3.05) is 6.61 Å². The molecule has 0 aliphatic rings. The van der Waals surface area contributed by atoms with Gasteiger partial charge in [0.25, 0.3) is 0 Å². The summed E-state index contributed by atoms with van der Waals surface area (Å²) >= 11 is 0. The number of carboxylic acids is 2. The van der Waals surface area contributed by atoms with Crippen LogP contribution in [-0.4, -0.2) is 75.8 Å². The van der Waals surface area contributed by atoms with Crippen LogP contribution in [0.25, 0.3) is 0 Å². The zero-order valence-electron chi connectivity index (χ0n) is 16.0. The molecule has 0 spiro atoms. The summed E-state index contributed by atoms with van der Waals surface area (Å²) in [5.41, 5.74) is 5.39. The van der Waals surface area contributed by atoms with Crippen molar-refractivity contribution in [1.29, 1.82) is 0 Å². The van der Waals surface area contributed by atoms with Gasteiger partial charge in [0, 0.05) is 0 Å². The van der Waals surface area contributed by atoms with E-state index < -0.39 is 66.9 Å². The van der Waals surface area contributed by atoms with E-state index in [0.717, 1.165) is 0 Å². The molecule has 12 heteroatoms. The van der Waals surface area contributed by atoms with Crippen LogP contribution in [0.1, 0.15) is 33.6 Å². The van der Waals surface area contributed by atoms with Gasteiger partial charge in [-0.3, -0.25) is 24.0 Å². The van der Waals surface area contributed by atoms with Gasteiger partial charge < -0.3 is 37.0 Å².